The van der Waals surface area contributed by atoms with Crippen molar-refractivity contribution in [2.24, 2.45) is 0 Å². The molecular weight excluding hydrogens is 264 g/mol. The van der Waals surface area contributed by atoms with Crippen LogP contribution in [-0.4, -0.2) is 20.2 Å². The van der Waals surface area contributed by atoms with Gasteiger partial charge in [0.05, 0.1) is 34.6 Å². The van der Waals surface area contributed by atoms with Crippen LogP contribution >= 0.6 is 0 Å². The number of H-pyrrole nitrogens is 1. The quantitative estimate of drug-likeness (QED) is 0.624. The zero-order chi connectivity index (χ0) is 14.1. The molecule has 0 bridgehead atoms. The Morgan fingerprint density at radius 3 is 2.81 bits per heavy atom. The number of aromatic nitrogens is 4. The molecule has 0 aliphatic rings. The number of hydrogen-bond acceptors (Lipinski definition) is 4. The molecular formula is C16H12N4O. The second kappa shape index (κ2) is 4.86. The monoisotopic (exact) mass is 276 g/mol. The van der Waals surface area contributed by atoms with Gasteiger partial charge in [0.15, 0.2) is 0 Å². The van der Waals surface area contributed by atoms with Gasteiger partial charge in [-0.3, -0.25) is 10.1 Å². The maximum Gasteiger partial charge on any atom is 0.132 e. The molecule has 5 heteroatoms. The summed E-state index contributed by atoms with van der Waals surface area (Å²) in [7, 11) is 0. The van der Waals surface area contributed by atoms with E-state index in [1.54, 1.807) is 12.4 Å². The summed E-state index contributed by atoms with van der Waals surface area (Å²) in [5.41, 5.74) is 3.45. The molecule has 102 valence electrons. The summed E-state index contributed by atoms with van der Waals surface area (Å²) < 4.78 is 5.69. The molecule has 0 saturated carbocycles. The van der Waals surface area contributed by atoms with Gasteiger partial charge < -0.3 is 4.74 Å². The molecule has 2 heterocycles. The van der Waals surface area contributed by atoms with Crippen molar-refractivity contribution in [1.82, 2.24) is 20.2 Å². The van der Waals surface area contributed by atoms with Gasteiger partial charge in [0, 0.05) is 5.39 Å². The van der Waals surface area contributed by atoms with E-state index in [0.29, 0.717) is 6.61 Å². The van der Waals surface area contributed by atoms with Gasteiger partial charge in [-0.1, -0.05) is 18.2 Å². The number of fused-ring (bicyclic) bond motifs is 2. The zero-order valence-electron chi connectivity index (χ0n) is 11.2. The first kappa shape index (κ1) is 11.8. The lowest BCUT2D eigenvalue weighted by Gasteiger charge is -2.06. The normalized spacial score (nSPS) is 11.0. The van der Waals surface area contributed by atoms with Gasteiger partial charge >= 0.3 is 0 Å². The van der Waals surface area contributed by atoms with Crippen molar-refractivity contribution in [3.8, 4) is 5.75 Å². The second-order valence-corrected chi connectivity index (χ2v) is 4.76. The van der Waals surface area contributed by atoms with Crippen molar-refractivity contribution >= 4 is 21.9 Å². The highest BCUT2D eigenvalue weighted by molar-refractivity contribution is 5.92. The molecule has 1 N–H and O–H groups in total. The van der Waals surface area contributed by atoms with E-state index in [-0.39, 0.29) is 0 Å². The minimum atomic E-state index is 0.399. The fourth-order valence-electron chi connectivity index (χ4n) is 2.23. The Hall–Kier alpha value is -2.95. The molecule has 0 spiro atoms. The van der Waals surface area contributed by atoms with Crippen LogP contribution in [0.1, 0.15) is 5.69 Å². The molecule has 0 fully saturated rings. The molecule has 4 rings (SSSR count). The fraction of sp³-hybridized carbons (Fsp3) is 0.0625. The van der Waals surface area contributed by atoms with Crippen LogP contribution in [-0.2, 0) is 6.61 Å². The highest BCUT2D eigenvalue weighted by atomic mass is 16.5. The van der Waals surface area contributed by atoms with Crippen LogP contribution in [0.4, 0.5) is 0 Å². The predicted molar refractivity (Wildman–Crippen MR) is 80.0 cm³/mol. The first-order valence-corrected chi connectivity index (χ1v) is 6.65. The number of nitrogens with one attached hydrogen (secondary N) is 1. The van der Waals surface area contributed by atoms with Crippen molar-refractivity contribution in [2.75, 3.05) is 0 Å². The number of para-hydroxylation sites is 1. The number of aromatic amines is 1. The molecule has 0 radical (unpaired) electrons. The Morgan fingerprint density at radius 2 is 1.90 bits per heavy atom. The summed E-state index contributed by atoms with van der Waals surface area (Å²) in [6, 6.07) is 13.6. The average Bonchev–Trinajstić information content (AvgIpc) is 2.98. The van der Waals surface area contributed by atoms with Crippen molar-refractivity contribution in [2.45, 2.75) is 6.61 Å². The summed E-state index contributed by atoms with van der Waals surface area (Å²) in [4.78, 5) is 9.02. The lowest BCUT2D eigenvalue weighted by atomic mass is 10.2. The minimum Gasteiger partial charge on any atom is -0.487 e. The van der Waals surface area contributed by atoms with Gasteiger partial charge in [-0.05, 0) is 24.3 Å². The molecule has 4 aromatic rings. The molecule has 0 amide bonds. The van der Waals surface area contributed by atoms with Crippen LogP contribution in [0.25, 0.3) is 21.9 Å². The predicted octanol–water partition coefficient (Wildman–Crippen LogP) is 3.09. The maximum absolute atomic E-state index is 5.69. The van der Waals surface area contributed by atoms with E-state index in [1.165, 1.54) is 0 Å². The third-order valence-electron chi connectivity index (χ3n) is 3.28. The number of nitrogens with zero attached hydrogens (tertiary/aromatic N) is 3. The topological polar surface area (TPSA) is 63.7 Å². The van der Waals surface area contributed by atoms with Crippen LogP contribution < -0.4 is 4.74 Å². The molecule has 0 unspecified atom stereocenters. The fourth-order valence-corrected chi connectivity index (χ4v) is 2.23. The average molecular weight is 276 g/mol. The van der Waals surface area contributed by atoms with Gasteiger partial charge in [0.2, 0.25) is 0 Å². The van der Waals surface area contributed by atoms with E-state index in [1.807, 2.05) is 42.5 Å². The largest absolute Gasteiger partial charge is 0.487 e. The van der Waals surface area contributed by atoms with E-state index >= 15 is 0 Å². The van der Waals surface area contributed by atoms with Crippen molar-refractivity contribution in [3.63, 3.8) is 0 Å². The Bertz CT molecular complexity index is 902. The van der Waals surface area contributed by atoms with E-state index in [4.69, 9.17) is 4.74 Å². The van der Waals surface area contributed by atoms with Gasteiger partial charge in [0.25, 0.3) is 0 Å². The van der Waals surface area contributed by atoms with Crippen LogP contribution in [0.5, 0.6) is 5.75 Å². The standard InChI is InChI=1S/C16H12N4O/c1-2-4-13(5-3-1)21-10-12-9-17-15-7-14-11(8-18-20-14)6-16(15)19-12/h1-9H,10H2,(H,18,20). The Labute approximate surface area is 120 Å². The van der Waals surface area contributed by atoms with Gasteiger partial charge in [0.1, 0.15) is 12.4 Å². The van der Waals surface area contributed by atoms with Gasteiger partial charge in [-0.25, -0.2) is 4.98 Å². The van der Waals surface area contributed by atoms with Gasteiger partial charge in [-0.15, -0.1) is 0 Å². The maximum atomic E-state index is 5.69. The number of hydrogen-bond donors (Lipinski definition) is 1. The first-order chi connectivity index (χ1) is 10.4. The van der Waals surface area contributed by atoms with E-state index < -0.39 is 0 Å². The minimum absolute atomic E-state index is 0.399. The van der Waals surface area contributed by atoms with Crippen LogP contribution in [0.15, 0.2) is 54.9 Å². The van der Waals surface area contributed by atoms with Crippen LogP contribution in [0.3, 0.4) is 0 Å². The van der Waals surface area contributed by atoms with Crippen molar-refractivity contribution in [1.29, 1.82) is 0 Å². The molecule has 21 heavy (non-hydrogen) atoms. The second-order valence-electron chi connectivity index (χ2n) is 4.76. The van der Waals surface area contributed by atoms with E-state index in [2.05, 4.69) is 20.2 Å². The van der Waals surface area contributed by atoms with E-state index in [9.17, 15) is 0 Å². The Morgan fingerprint density at radius 1 is 1.00 bits per heavy atom. The number of ether oxygens (including phenoxy) is 1. The molecule has 0 aliphatic heterocycles. The highest BCUT2D eigenvalue weighted by Crippen LogP contribution is 2.18. The molecule has 0 aliphatic carbocycles. The first-order valence-electron chi connectivity index (χ1n) is 6.65. The van der Waals surface area contributed by atoms with Crippen molar-refractivity contribution in [3.05, 3.63) is 60.6 Å². The summed E-state index contributed by atoms with van der Waals surface area (Å²) in [5.74, 6) is 0.824. The summed E-state index contributed by atoms with van der Waals surface area (Å²) in [6.45, 7) is 0.399. The van der Waals surface area contributed by atoms with Gasteiger partial charge in [-0.2, -0.15) is 5.10 Å². The lowest BCUT2D eigenvalue weighted by Crippen LogP contribution is -1.99. The SMILES string of the molecule is c1ccc(OCc2cnc3cc4[nH]ncc4cc3n2)cc1. The molecule has 2 aromatic heterocycles. The van der Waals surface area contributed by atoms with E-state index in [0.717, 1.165) is 33.4 Å². The summed E-state index contributed by atoms with van der Waals surface area (Å²) >= 11 is 0. The number of benzene rings is 2. The van der Waals surface area contributed by atoms with Crippen LogP contribution in [0, 0.1) is 0 Å². The Balaban J connectivity index is 1.65. The molecule has 5 nitrogen and oxygen atoms in total. The third kappa shape index (κ3) is 2.29. The number of rotatable bonds is 3. The summed E-state index contributed by atoms with van der Waals surface area (Å²) in [5, 5.41) is 7.97. The molecule has 2 aromatic carbocycles. The summed E-state index contributed by atoms with van der Waals surface area (Å²) in [6.07, 6.45) is 3.52. The van der Waals surface area contributed by atoms with Crippen molar-refractivity contribution < 1.29 is 4.74 Å². The third-order valence-corrected chi connectivity index (χ3v) is 3.28. The zero-order valence-corrected chi connectivity index (χ0v) is 11.2. The van der Waals surface area contributed by atoms with Crippen LogP contribution in [0.2, 0.25) is 0 Å². The highest BCUT2D eigenvalue weighted by Gasteiger charge is 2.04. The molecule has 0 atom stereocenters. The Kier molecular flexibility index (Phi) is 2.74. The smallest absolute Gasteiger partial charge is 0.132 e. The molecule has 0 saturated heterocycles. The lowest BCUT2D eigenvalue weighted by molar-refractivity contribution is 0.301.